The van der Waals surface area contributed by atoms with Crippen molar-refractivity contribution in [2.45, 2.75) is 44.7 Å². The topological polar surface area (TPSA) is 71.2 Å². The van der Waals surface area contributed by atoms with Crippen LogP contribution < -0.4 is 11.1 Å². The van der Waals surface area contributed by atoms with Gasteiger partial charge in [0.15, 0.2) is 0 Å². The van der Waals surface area contributed by atoms with E-state index in [2.05, 4.69) is 28.6 Å². The Balaban J connectivity index is 1.53. The summed E-state index contributed by atoms with van der Waals surface area (Å²) in [5, 5.41) is 3.95. The Morgan fingerprint density at radius 1 is 1.57 bits per heavy atom. The second kappa shape index (κ2) is 6.84. The molecule has 2 atom stereocenters. The number of fused-ring (bicyclic) bond motifs is 1. The highest BCUT2D eigenvalue weighted by Crippen LogP contribution is 2.25. The van der Waals surface area contributed by atoms with Crippen LogP contribution in [0.3, 0.4) is 0 Å². The van der Waals surface area contributed by atoms with E-state index < -0.39 is 0 Å². The molecule has 0 radical (unpaired) electrons. The van der Waals surface area contributed by atoms with Crippen LogP contribution in [0.15, 0.2) is 18.2 Å². The van der Waals surface area contributed by atoms with Crippen molar-refractivity contribution in [3.63, 3.8) is 0 Å². The molecule has 1 unspecified atom stereocenters. The Labute approximate surface area is 141 Å². The predicted octanol–water partition coefficient (Wildman–Crippen LogP) is 2.87. The molecule has 0 aliphatic carbocycles. The summed E-state index contributed by atoms with van der Waals surface area (Å²) in [5.41, 5.74) is 6.98. The molecule has 1 aliphatic rings. The minimum Gasteiger partial charge on any atom is -0.399 e. The van der Waals surface area contributed by atoms with Gasteiger partial charge in [-0.2, -0.15) is 4.37 Å². The molecule has 5 nitrogen and oxygen atoms in total. The average molecular weight is 332 g/mol. The third-order valence-corrected chi connectivity index (χ3v) is 5.51. The molecule has 0 bridgehead atoms. The summed E-state index contributed by atoms with van der Waals surface area (Å²) >= 11 is 1.32. The monoisotopic (exact) mass is 332 g/mol. The van der Waals surface area contributed by atoms with Gasteiger partial charge in [-0.25, -0.2) is 0 Å². The van der Waals surface area contributed by atoms with Crippen LogP contribution in [0.25, 0.3) is 10.1 Å². The number of nitrogen functional groups attached to an aromatic ring is 1. The predicted molar refractivity (Wildman–Crippen MR) is 95.8 cm³/mol. The molecular formula is C17H24N4OS. The fourth-order valence-corrected chi connectivity index (χ4v) is 3.90. The molecular weight excluding hydrogens is 308 g/mol. The Morgan fingerprint density at radius 2 is 2.39 bits per heavy atom. The summed E-state index contributed by atoms with van der Waals surface area (Å²) in [4.78, 5) is 14.8. The van der Waals surface area contributed by atoms with E-state index >= 15 is 0 Å². The first-order valence-corrected chi connectivity index (χ1v) is 8.98. The quantitative estimate of drug-likeness (QED) is 0.798. The zero-order valence-corrected chi connectivity index (χ0v) is 14.5. The molecule has 0 spiro atoms. The van der Waals surface area contributed by atoms with Gasteiger partial charge in [-0.05, 0) is 75.9 Å². The molecule has 1 aliphatic heterocycles. The SMILES string of the molecule is C[C@@H](CCCC1CCN1C)NC(=O)c1nsc2cc(N)ccc12. The van der Waals surface area contributed by atoms with Crippen molar-refractivity contribution < 1.29 is 4.79 Å². The minimum absolute atomic E-state index is 0.0886. The summed E-state index contributed by atoms with van der Waals surface area (Å²) in [5.74, 6) is -0.0886. The fourth-order valence-electron chi connectivity index (χ4n) is 3.08. The molecule has 0 saturated carbocycles. The van der Waals surface area contributed by atoms with Crippen LogP contribution in [-0.4, -0.2) is 40.9 Å². The van der Waals surface area contributed by atoms with Gasteiger partial charge in [-0.15, -0.1) is 0 Å². The second-order valence-electron chi connectivity index (χ2n) is 6.52. The van der Waals surface area contributed by atoms with E-state index in [0.717, 1.165) is 29.0 Å². The summed E-state index contributed by atoms with van der Waals surface area (Å²) < 4.78 is 5.25. The van der Waals surface area contributed by atoms with Crippen LogP contribution in [-0.2, 0) is 0 Å². The van der Waals surface area contributed by atoms with Gasteiger partial charge in [-0.1, -0.05) is 0 Å². The first-order chi connectivity index (χ1) is 11.0. The van der Waals surface area contributed by atoms with Crippen LogP contribution in [0.1, 0.15) is 43.1 Å². The van der Waals surface area contributed by atoms with Gasteiger partial charge in [0.25, 0.3) is 5.91 Å². The number of hydrogen-bond acceptors (Lipinski definition) is 5. The van der Waals surface area contributed by atoms with Gasteiger partial charge in [-0.3, -0.25) is 4.79 Å². The lowest BCUT2D eigenvalue weighted by molar-refractivity contribution is 0.0930. The van der Waals surface area contributed by atoms with Crippen molar-refractivity contribution in [3.8, 4) is 0 Å². The van der Waals surface area contributed by atoms with Gasteiger partial charge >= 0.3 is 0 Å². The van der Waals surface area contributed by atoms with Crippen LogP contribution in [0.2, 0.25) is 0 Å². The van der Waals surface area contributed by atoms with E-state index in [4.69, 9.17) is 5.73 Å². The van der Waals surface area contributed by atoms with Crippen molar-refractivity contribution in [2.24, 2.45) is 0 Å². The number of amides is 1. The number of likely N-dealkylation sites (tertiary alicyclic amines) is 1. The highest BCUT2D eigenvalue weighted by molar-refractivity contribution is 7.13. The van der Waals surface area contributed by atoms with E-state index in [1.807, 2.05) is 18.2 Å². The Kier molecular flexibility index (Phi) is 4.82. The summed E-state index contributed by atoms with van der Waals surface area (Å²) in [6.45, 7) is 3.29. The molecule has 2 heterocycles. The molecule has 1 amide bonds. The third kappa shape index (κ3) is 3.64. The second-order valence-corrected chi connectivity index (χ2v) is 7.32. The standard InChI is InChI=1S/C17H24N4OS/c1-11(4-3-5-13-8-9-21(13)2)19-17(22)16-14-7-6-12(18)10-15(14)23-20-16/h6-7,10-11,13H,3-5,8-9,18H2,1-2H3,(H,19,22)/t11-,13?/m0/s1. The van der Waals surface area contributed by atoms with Crippen LogP contribution in [0.4, 0.5) is 5.69 Å². The number of anilines is 1. The number of nitrogens with two attached hydrogens (primary N) is 1. The highest BCUT2D eigenvalue weighted by atomic mass is 32.1. The number of nitrogens with zero attached hydrogens (tertiary/aromatic N) is 2. The minimum atomic E-state index is -0.0886. The number of benzene rings is 1. The van der Waals surface area contributed by atoms with Gasteiger partial charge < -0.3 is 16.0 Å². The van der Waals surface area contributed by atoms with E-state index in [-0.39, 0.29) is 11.9 Å². The van der Waals surface area contributed by atoms with E-state index in [9.17, 15) is 4.79 Å². The number of carbonyl (C=O) groups excluding carboxylic acids is 1. The molecule has 3 N–H and O–H groups in total. The number of hydrogen-bond donors (Lipinski definition) is 2. The zero-order chi connectivity index (χ0) is 16.4. The first kappa shape index (κ1) is 16.2. The maximum atomic E-state index is 12.4. The van der Waals surface area contributed by atoms with Crippen molar-refractivity contribution in [3.05, 3.63) is 23.9 Å². The van der Waals surface area contributed by atoms with Crippen LogP contribution >= 0.6 is 11.5 Å². The van der Waals surface area contributed by atoms with Gasteiger partial charge in [0.2, 0.25) is 0 Å². The molecule has 1 saturated heterocycles. The summed E-state index contributed by atoms with van der Waals surface area (Å²) in [7, 11) is 2.18. The molecule has 2 aromatic rings. The number of rotatable bonds is 6. The highest BCUT2D eigenvalue weighted by Gasteiger charge is 2.23. The molecule has 23 heavy (non-hydrogen) atoms. The first-order valence-electron chi connectivity index (χ1n) is 8.20. The molecule has 1 aromatic heterocycles. The number of carbonyl (C=O) groups is 1. The zero-order valence-electron chi connectivity index (χ0n) is 13.7. The van der Waals surface area contributed by atoms with Crippen molar-refractivity contribution >= 4 is 33.2 Å². The normalized spacial score (nSPS) is 19.5. The molecule has 1 aromatic carbocycles. The molecule has 124 valence electrons. The summed E-state index contributed by atoms with van der Waals surface area (Å²) in [6.07, 6.45) is 4.68. The average Bonchev–Trinajstić information content (AvgIpc) is 2.92. The maximum Gasteiger partial charge on any atom is 0.271 e. The molecule has 6 heteroatoms. The van der Waals surface area contributed by atoms with Crippen LogP contribution in [0, 0.1) is 0 Å². The van der Waals surface area contributed by atoms with E-state index in [1.165, 1.54) is 30.9 Å². The van der Waals surface area contributed by atoms with E-state index in [1.54, 1.807) is 0 Å². The van der Waals surface area contributed by atoms with Crippen molar-refractivity contribution in [2.75, 3.05) is 19.3 Å². The summed E-state index contributed by atoms with van der Waals surface area (Å²) in [6, 6.07) is 6.46. The lowest BCUT2D eigenvalue weighted by Crippen LogP contribution is -2.44. The Hall–Kier alpha value is -1.66. The lowest BCUT2D eigenvalue weighted by atomic mass is 9.97. The largest absolute Gasteiger partial charge is 0.399 e. The van der Waals surface area contributed by atoms with Gasteiger partial charge in [0.1, 0.15) is 5.69 Å². The molecule has 3 rings (SSSR count). The third-order valence-electron chi connectivity index (χ3n) is 4.70. The number of aromatic nitrogens is 1. The van der Waals surface area contributed by atoms with Crippen LogP contribution in [0.5, 0.6) is 0 Å². The maximum absolute atomic E-state index is 12.4. The Morgan fingerprint density at radius 3 is 3.09 bits per heavy atom. The molecule has 1 fully saturated rings. The fraction of sp³-hybridized carbons (Fsp3) is 0.529. The van der Waals surface area contributed by atoms with Gasteiger partial charge in [0, 0.05) is 23.2 Å². The van der Waals surface area contributed by atoms with Crippen molar-refractivity contribution in [1.82, 2.24) is 14.6 Å². The van der Waals surface area contributed by atoms with E-state index in [0.29, 0.717) is 11.4 Å². The Bertz CT molecular complexity index is 699. The van der Waals surface area contributed by atoms with Crippen molar-refractivity contribution in [1.29, 1.82) is 0 Å². The number of nitrogens with one attached hydrogen (secondary N) is 1. The smallest absolute Gasteiger partial charge is 0.271 e. The lowest BCUT2D eigenvalue weighted by Gasteiger charge is -2.38. The van der Waals surface area contributed by atoms with Gasteiger partial charge in [0.05, 0.1) is 4.70 Å².